The van der Waals surface area contributed by atoms with Gasteiger partial charge in [0.2, 0.25) is 0 Å². The maximum Gasteiger partial charge on any atom is 0.261 e. The zero-order chi connectivity index (χ0) is 19.1. The molecule has 6 heteroatoms. The SMILES string of the molecule is CC(Oc1cccc(Cl)c1)C(=O)NC(CCN(C)C)c1ccc(F)cc1. The molecule has 2 atom stereocenters. The van der Waals surface area contributed by atoms with Crippen LogP contribution in [0.3, 0.4) is 0 Å². The molecule has 0 aromatic heterocycles. The third kappa shape index (κ3) is 6.32. The molecular formula is C20H24ClFN2O2. The van der Waals surface area contributed by atoms with Crippen molar-refractivity contribution in [1.82, 2.24) is 10.2 Å². The average Bonchev–Trinajstić information content (AvgIpc) is 2.59. The van der Waals surface area contributed by atoms with Crippen molar-refractivity contribution in [3.05, 3.63) is 64.9 Å². The Hall–Kier alpha value is -2.11. The van der Waals surface area contributed by atoms with Gasteiger partial charge in [-0.3, -0.25) is 4.79 Å². The largest absolute Gasteiger partial charge is 0.481 e. The fraction of sp³-hybridized carbons (Fsp3) is 0.350. The van der Waals surface area contributed by atoms with Gasteiger partial charge in [0.1, 0.15) is 11.6 Å². The summed E-state index contributed by atoms with van der Waals surface area (Å²) in [4.78, 5) is 14.6. The molecule has 0 bridgehead atoms. The zero-order valence-electron chi connectivity index (χ0n) is 15.2. The number of carbonyl (C=O) groups excluding carboxylic acids is 1. The second kappa shape index (κ2) is 9.55. The Bertz CT molecular complexity index is 722. The fourth-order valence-corrected chi connectivity index (χ4v) is 2.67. The highest BCUT2D eigenvalue weighted by Gasteiger charge is 2.20. The van der Waals surface area contributed by atoms with E-state index in [0.717, 1.165) is 12.1 Å². The van der Waals surface area contributed by atoms with Gasteiger partial charge in [0.25, 0.3) is 5.91 Å². The second-order valence-corrected chi connectivity index (χ2v) is 6.86. The van der Waals surface area contributed by atoms with Crippen LogP contribution in [0.1, 0.15) is 24.9 Å². The number of rotatable bonds is 8. The molecule has 2 rings (SSSR count). The Morgan fingerprint density at radius 2 is 1.92 bits per heavy atom. The van der Waals surface area contributed by atoms with E-state index in [2.05, 4.69) is 5.32 Å². The van der Waals surface area contributed by atoms with Crippen LogP contribution in [-0.2, 0) is 4.79 Å². The molecule has 0 spiro atoms. The maximum atomic E-state index is 13.2. The zero-order valence-corrected chi connectivity index (χ0v) is 16.0. The summed E-state index contributed by atoms with van der Waals surface area (Å²) in [5.74, 6) is -0.00563. The smallest absolute Gasteiger partial charge is 0.261 e. The quantitative estimate of drug-likeness (QED) is 0.753. The summed E-state index contributed by atoms with van der Waals surface area (Å²) in [6.45, 7) is 2.47. The minimum Gasteiger partial charge on any atom is -0.481 e. The molecule has 0 radical (unpaired) electrons. The van der Waals surface area contributed by atoms with Crippen LogP contribution in [-0.4, -0.2) is 37.6 Å². The van der Waals surface area contributed by atoms with E-state index in [1.54, 1.807) is 43.3 Å². The standard InChI is InChI=1S/C20H24ClFN2O2/c1-14(26-18-6-4-5-16(21)13-18)20(25)23-19(11-12-24(2)3)15-7-9-17(22)10-8-15/h4-10,13-14,19H,11-12H2,1-3H3,(H,23,25). The molecule has 1 amide bonds. The van der Waals surface area contributed by atoms with Crippen LogP contribution in [0.25, 0.3) is 0 Å². The van der Waals surface area contributed by atoms with Crippen molar-refractivity contribution in [1.29, 1.82) is 0 Å². The van der Waals surface area contributed by atoms with Crippen molar-refractivity contribution in [3.63, 3.8) is 0 Å². The molecule has 0 fully saturated rings. The van der Waals surface area contributed by atoms with Gasteiger partial charge in [0, 0.05) is 5.02 Å². The number of hydrogen-bond acceptors (Lipinski definition) is 3. The molecule has 0 heterocycles. The molecule has 0 saturated carbocycles. The molecule has 0 aliphatic heterocycles. The lowest BCUT2D eigenvalue weighted by Gasteiger charge is -2.23. The molecule has 0 aliphatic carbocycles. The molecule has 2 aromatic rings. The van der Waals surface area contributed by atoms with Crippen molar-refractivity contribution in [2.45, 2.75) is 25.5 Å². The summed E-state index contributed by atoms with van der Waals surface area (Å²) in [6, 6.07) is 12.9. The van der Waals surface area contributed by atoms with Crippen molar-refractivity contribution in [2.24, 2.45) is 0 Å². The molecule has 4 nitrogen and oxygen atoms in total. The summed E-state index contributed by atoms with van der Waals surface area (Å²) >= 11 is 5.94. The molecule has 1 N–H and O–H groups in total. The molecule has 0 saturated heterocycles. The van der Waals surface area contributed by atoms with E-state index >= 15 is 0 Å². The van der Waals surface area contributed by atoms with E-state index < -0.39 is 6.10 Å². The number of benzene rings is 2. The first kappa shape index (κ1) is 20.2. The van der Waals surface area contributed by atoms with Gasteiger partial charge in [-0.25, -0.2) is 4.39 Å². The number of amides is 1. The van der Waals surface area contributed by atoms with Gasteiger partial charge in [-0.15, -0.1) is 0 Å². The first-order valence-electron chi connectivity index (χ1n) is 8.48. The monoisotopic (exact) mass is 378 g/mol. The van der Waals surface area contributed by atoms with Crippen molar-refractivity contribution in [2.75, 3.05) is 20.6 Å². The highest BCUT2D eigenvalue weighted by Crippen LogP contribution is 2.20. The predicted octanol–water partition coefficient (Wildman–Crippen LogP) is 4.06. The van der Waals surface area contributed by atoms with Crippen LogP contribution in [0, 0.1) is 5.82 Å². The van der Waals surface area contributed by atoms with Crippen molar-refractivity contribution < 1.29 is 13.9 Å². The number of nitrogens with one attached hydrogen (secondary N) is 1. The van der Waals surface area contributed by atoms with Gasteiger partial charge in [0.15, 0.2) is 6.10 Å². The number of nitrogens with zero attached hydrogens (tertiary/aromatic N) is 1. The van der Waals surface area contributed by atoms with Gasteiger partial charge in [-0.1, -0.05) is 29.8 Å². The number of carbonyl (C=O) groups is 1. The van der Waals surface area contributed by atoms with E-state index in [-0.39, 0.29) is 17.8 Å². The van der Waals surface area contributed by atoms with E-state index in [1.165, 1.54) is 12.1 Å². The van der Waals surface area contributed by atoms with Crippen LogP contribution >= 0.6 is 11.6 Å². The summed E-state index contributed by atoms with van der Waals surface area (Å²) in [6.07, 6.45) is 0.0182. The lowest BCUT2D eigenvalue weighted by Crippen LogP contribution is -2.39. The molecular weight excluding hydrogens is 355 g/mol. The Morgan fingerprint density at radius 1 is 1.23 bits per heavy atom. The van der Waals surface area contributed by atoms with E-state index in [9.17, 15) is 9.18 Å². The molecule has 140 valence electrons. The average molecular weight is 379 g/mol. The Morgan fingerprint density at radius 3 is 2.54 bits per heavy atom. The summed E-state index contributed by atoms with van der Waals surface area (Å²) in [5, 5.41) is 3.54. The van der Waals surface area contributed by atoms with Gasteiger partial charge < -0.3 is 15.0 Å². The van der Waals surface area contributed by atoms with E-state index in [4.69, 9.17) is 16.3 Å². The number of ether oxygens (including phenoxy) is 1. The predicted molar refractivity (Wildman–Crippen MR) is 102 cm³/mol. The van der Waals surface area contributed by atoms with Crippen LogP contribution < -0.4 is 10.1 Å². The Kier molecular flexibility index (Phi) is 7.42. The third-order valence-corrected chi connectivity index (χ3v) is 4.17. The normalized spacial score (nSPS) is 13.3. The first-order valence-corrected chi connectivity index (χ1v) is 8.85. The summed E-state index contributed by atoms with van der Waals surface area (Å²) < 4.78 is 18.9. The highest BCUT2D eigenvalue weighted by atomic mass is 35.5. The molecule has 2 aromatic carbocycles. The van der Waals surface area contributed by atoms with Gasteiger partial charge in [-0.05, 0) is 69.9 Å². The Labute approximate surface area is 158 Å². The van der Waals surface area contributed by atoms with E-state index in [1.807, 2.05) is 19.0 Å². The number of halogens is 2. The van der Waals surface area contributed by atoms with E-state index in [0.29, 0.717) is 17.2 Å². The van der Waals surface area contributed by atoms with Gasteiger partial charge >= 0.3 is 0 Å². The van der Waals surface area contributed by atoms with Crippen LogP contribution in [0.2, 0.25) is 5.02 Å². The van der Waals surface area contributed by atoms with Crippen molar-refractivity contribution >= 4 is 17.5 Å². The number of hydrogen-bond donors (Lipinski definition) is 1. The maximum absolute atomic E-state index is 13.2. The van der Waals surface area contributed by atoms with Crippen molar-refractivity contribution in [3.8, 4) is 5.75 Å². The second-order valence-electron chi connectivity index (χ2n) is 6.42. The lowest BCUT2D eigenvalue weighted by molar-refractivity contribution is -0.128. The summed E-state index contributed by atoms with van der Waals surface area (Å²) in [7, 11) is 3.93. The fourth-order valence-electron chi connectivity index (χ4n) is 2.49. The topological polar surface area (TPSA) is 41.6 Å². The minimum atomic E-state index is -0.684. The highest BCUT2D eigenvalue weighted by molar-refractivity contribution is 6.30. The van der Waals surface area contributed by atoms with Gasteiger partial charge in [0.05, 0.1) is 6.04 Å². The molecule has 0 aliphatic rings. The lowest BCUT2D eigenvalue weighted by atomic mass is 10.0. The third-order valence-electron chi connectivity index (χ3n) is 3.93. The Balaban J connectivity index is 2.05. The van der Waals surface area contributed by atoms with Crippen LogP contribution in [0.4, 0.5) is 4.39 Å². The first-order chi connectivity index (χ1) is 12.3. The minimum absolute atomic E-state index is 0.226. The van der Waals surface area contributed by atoms with Crippen LogP contribution in [0.5, 0.6) is 5.75 Å². The van der Waals surface area contributed by atoms with Crippen LogP contribution in [0.15, 0.2) is 48.5 Å². The summed E-state index contributed by atoms with van der Waals surface area (Å²) in [5.41, 5.74) is 0.858. The van der Waals surface area contributed by atoms with Gasteiger partial charge in [-0.2, -0.15) is 0 Å². The molecule has 2 unspecified atom stereocenters. The molecule has 26 heavy (non-hydrogen) atoms.